The molecular formula is C18H20O3. The number of hydrogen-bond acceptors (Lipinski definition) is 3. The Kier molecular flexibility index (Phi) is 3.38. The Labute approximate surface area is 125 Å². The van der Waals surface area contributed by atoms with Crippen molar-refractivity contribution < 1.29 is 14.6 Å². The number of aliphatic hydroxyl groups excluding tert-OH is 1. The second-order valence-corrected chi connectivity index (χ2v) is 5.83. The Bertz CT molecular complexity index is 665. The smallest absolute Gasteiger partial charge is 0.134 e. The number of methoxy groups -OCH3 is 1. The summed E-state index contributed by atoms with van der Waals surface area (Å²) in [5.41, 5.74) is 2.54. The lowest BCUT2D eigenvalue weighted by molar-refractivity contribution is -0.00505. The third-order valence-electron chi connectivity index (χ3n) is 4.12. The molecule has 3 rings (SSSR count). The number of benzene rings is 2. The summed E-state index contributed by atoms with van der Waals surface area (Å²) in [5, 5.41) is 10.5. The summed E-state index contributed by atoms with van der Waals surface area (Å²) in [7, 11) is 1.62. The normalized spacial score (nSPS) is 24.1. The highest BCUT2D eigenvalue weighted by Crippen LogP contribution is 2.45. The molecule has 0 radical (unpaired) electrons. The molecule has 2 aromatic carbocycles. The zero-order chi connectivity index (χ0) is 15.0. The lowest BCUT2D eigenvalue weighted by atomic mass is 9.84. The zero-order valence-corrected chi connectivity index (χ0v) is 12.6. The van der Waals surface area contributed by atoms with Crippen LogP contribution in [-0.2, 0) is 5.60 Å². The van der Waals surface area contributed by atoms with E-state index in [4.69, 9.17) is 9.47 Å². The summed E-state index contributed by atoms with van der Waals surface area (Å²) in [6, 6.07) is 13.8. The average molecular weight is 284 g/mol. The highest BCUT2D eigenvalue weighted by Gasteiger charge is 2.38. The summed E-state index contributed by atoms with van der Waals surface area (Å²) < 4.78 is 11.4. The van der Waals surface area contributed by atoms with Crippen LogP contribution in [0, 0.1) is 6.92 Å². The Morgan fingerprint density at radius 2 is 2.05 bits per heavy atom. The van der Waals surface area contributed by atoms with Crippen LogP contribution in [0.3, 0.4) is 0 Å². The molecule has 0 saturated heterocycles. The molecule has 2 aromatic rings. The lowest BCUT2D eigenvalue weighted by Gasteiger charge is -2.38. The Morgan fingerprint density at radius 3 is 2.76 bits per heavy atom. The quantitative estimate of drug-likeness (QED) is 0.913. The zero-order valence-electron chi connectivity index (χ0n) is 12.6. The van der Waals surface area contributed by atoms with Gasteiger partial charge in [0.15, 0.2) is 0 Å². The minimum Gasteiger partial charge on any atom is -0.497 e. The van der Waals surface area contributed by atoms with Gasteiger partial charge in [0.25, 0.3) is 0 Å². The fourth-order valence-electron chi connectivity index (χ4n) is 2.92. The summed E-state index contributed by atoms with van der Waals surface area (Å²) in [4.78, 5) is 0. The highest BCUT2D eigenvalue weighted by atomic mass is 16.5. The Balaban J connectivity index is 2.01. The van der Waals surface area contributed by atoms with E-state index in [2.05, 4.69) is 19.1 Å². The first kappa shape index (κ1) is 14.0. The van der Waals surface area contributed by atoms with Crippen LogP contribution in [0.25, 0.3) is 0 Å². The van der Waals surface area contributed by atoms with Gasteiger partial charge in [0.1, 0.15) is 17.1 Å². The molecule has 3 nitrogen and oxygen atoms in total. The average Bonchev–Trinajstić information content (AvgIpc) is 2.47. The standard InChI is InChI=1S/C18H20O3/c1-12-5-4-6-13(9-12)18(2)11-16(19)15-10-14(20-3)7-8-17(15)21-18/h4-10,16,19H,11H2,1-3H3/t16-,18?/m0/s1. The van der Waals surface area contributed by atoms with Crippen molar-refractivity contribution in [3.05, 3.63) is 59.2 Å². The molecule has 21 heavy (non-hydrogen) atoms. The molecule has 110 valence electrons. The van der Waals surface area contributed by atoms with Gasteiger partial charge in [0.2, 0.25) is 0 Å². The molecule has 0 amide bonds. The fraction of sp³-hybridized carbons (Fsp3) is 0.333. The molecule has 0 bridgehead atoms. The first-order chi connectivity index (χ1) is 10.0. The molecule has 0 aliphatic carbocycles. The van der Waals surface area contributed by atoms with Crippen LogP contribution in [0.4, 0.5) is 0 Å². The maximum atomic E-state index is 10.5. The minimum absolute atomic E-state index is 0.521. The SMILES string of the molecule is COc1ccc2c(c1)[C@@H](O)CC(C)(c1cccc(C)c1)O2. The largest absolute Gasteiger partial charge is 0.497 e. The van der Waals surface area contributed by atoms with Crippen LogP contribution in [-0.4, -0.2) is 12.2 Å². The number of aliphatic hydroxyl groups is 1. The summed E-state index contributed by atoms with van der Waals surface area (Å²) >= 11 is 0. The Hall–Kier alpha value is -2.00. The van der Waals surface area contributed by atoms with Crippen molar-refractivity contribution in [2.45, 2.75) is 32.0 Å². The first-order valence-electron chi connectivity index (χ1n) is 7.14. The van der Waals surface area contributed by atoms with E-state index in [0.29, 0.717) is 6.42 Å². The molecule has 0 fully saturated rings. The maximum Gasteiger partial charge on any atom is 0.134 e. The van der Waals surface area contributed by atoms with Gasteiger partial charge in [0, 0.05) is 12.0 Å². The van der Waals surface area contributed by atoms with Crippen molar-refractivity contribution in [1.29, 1.82) is 0 Å². The van der Waals surface area contributed by atoms with Gasteiger partial charge in [0.05, 0.1) is 13.2 Å². The van der Waals surface area contributed by atoms with E-state index in [9.17, 15) is 5.11 Å². The molecule has 1 unspecified atom stereocenters. The second-order valence-electron chi connectivity index (χ2n) is 5.83. The number of ether oxygens (including phenoxy) is 2. The molecule has 2 atom stereocenters. The molecular weight excluding hydrogens is 264 g/mol. The number of rotatable bonds is 2. The van der Waals surface area contributed by atoms with Crippen molar-refractivity contribution in [1.82, 2.24) is 0 Å². The van der Waals surface area contributed by atoms with Crippen molar-refractivity contribution >= 4 is 0 Å². The third kappa shape index (κ3) is 2.49. The monoisotopic (exact) mass is 284 g/mol. The Morgan fingerprint density at radius 1 is 1.24 bits per heavy atom. The van der Waals surface area contributed by atoms with Crippen LogP contribution >= 0.6 is 0 Å². The van der Waals surface area contributed by atoms with Gasteiger partial charge in [-0.25, -0.2) is 0 Å². The predicted octanol–water partition coefficient (Wildman–Crippen LogP) is 3.73. The van der Waals surface area contributed by atoms with E-state index >= 15 is 0 Å². The summed E-state index contributed by atoms with van der Waals surface area (Å²) in [5.74, 6) is 1.45. The van der Waals surface area contributed by atoms with Gasteiger partial charge < -0.3 is 14.6 Å². The van der Waals surface area contributed by atoms with E-state index < -0.39 is 11.7 Å². The minimum atomic E-state index is -0.561. The van der Waals surface area contributed by atoms with Gasteiger partial charge in [-0.05, 0) is 37.6 Å². The van der Waals surface area contributed by atoms with E-state index in [1.54, 1.807) is 7.11 Å². The van der Waals surface area contributed by atoms with E-state index in [-0.39, 0.29) is 0 Å². The third-order valence-corrected chi connectivity index (χ3v) is 4.12. The molecule has 3 heteroatoms. The number of hydrogen-bond donors (Lipinski definition) is 1. The fourth-order valence-corrected chi connectivity index (χ4v) is 2.92. The van der Waals surface area contributed by atoms with Crippen LogP contribution in [0.2, 0.25) is 0 Å². The summed E-state index contributed by atoms with van der Waals surface area (Å²) in [6.45, 7) is 4.09. The lowest BCUT2D eigenvalue weighted by Crippen LogP contribution is -2.35. The molecule has 1 aliphatic heterocycles. The van der Waals surface area contributed by atoms with E-state index in [1.165, 1.54) is 5.56 Å². The van der Waals surface area contributed by atoms with Crippen molar-refractivity contribution in [3.63, 3.8) is 0 Å². The van der Waals surface area contributed by atoms with E-state index in [1.807, 2.05) is 37.3 Å². The molecule has 1 N–H and O–H groups in total. The maximum absolute atomic E-state index is 10.5. The highest BCUT2D eigenvalue weighted by molar-refractivity contribution is 5.45. The van der Waals surface area contributed by atoms with Crippen LogP contribution in [0.1, 0.15) is 36.1 Å². The summed E-state index contributed by atoms with van der Waals surface area (Å²) in [6.07, 6.45) is -0.0364. The molecule has 1 heterocycles. The van der Waals surface area contributed by atoms with Crippen LogP contribution < -0.4 is 9.47 Å². The van der Waals surface area contributed by atoms with Crippen molar-refractivity contribution in [2.24, 2.45) is 0 Å². The molecule has 0 saturated carbocycles. The van der Waals surface area contributed by atoms with Gasteiger partial charge in [-0.2, -0.15) is 0 Å². The first-order valence-corrected chi connectivity index (χ1v) is 7.14. The van der Waals surface area contributed by atoms with Gasteiger partial charge >= 0.3 is 0 Å². The van der Waals surface area contributed by atoms with Gasteiger partial charge in [-0.15, -0.1) is 0 Å². The molecule has 0 aromatic heterocycles. The van der Waals surface area contributed by atoms with Crippen LogP contribution in [0.15, 0.2) is 42.5 Å². The van der Waals surface area contributed by atoms with Crippen molar-refractivity contribution in [2.75, 3.05) is 7.11 Å². The number of aryl methyl sites for hydroxylation is 1. The van der Waals surface area contributed by atoms with Gasteiger partial charge in [-0.3, -0.25) is 0 Å². The predicted molar refractivity (Wildman–Crippen MR) is 81.7 cm³/mol. The second kappa shape index (κ2) is 5.08. The molecule has 1 aliphatic rings. The van der Waals surface area contributed by atoms with Gasteiger partial charge in [-0.1, -0.05) is 29.8 Å². The van der Waals surface area contributed by atoms with E-state index in [0.717, 1.165) is 22.6 Å². The molecule has 0 spiro atoms. The van der Waals surface area contributed by atoms with Crippen LogP contribution in [0.5, 0.6) is 11.5 Å². The van der Waals surface area contributed by atoms with Crippen molar-refractivity contribution in [3.8, 4) is 11.5 Å². The number of fused-ring (bicyclic) bond motifs is 1. The topological polar surface area (TPSA) is 38.7 Å².